The number of aryl methyl sites for hydroxylation is 1. The summed E-state index contributed by atoms with van der Waals surface area (Å²) in [5.41, 5.74) is 2.09. The molecule has 3 rings (SSSR count). The molecule has 0 atom stereocenters. The molecule has 1 amide bonds. The zero-order valence-electron chi connectivity index (χ0n) is 15.5. The van der Waals surface area contributed by atoms with Crippen LogP contribution >= 0.6 is 11.6 Å². The number of hydrogen-bond donors (Lipinski definition) is 2. The Morgan fingerprint density at radius 1 is 1.07 bits per heavy atom. The number of hydrogen-bond acceptors (Lipinski definition) is 4. The Morgan fingerprint density at radius 3 is 2.48 bits per heavy atom. The highest BCUT2D eigenvalue weighted by Crippen LogP contribution is 2.24. The molecule has 1 aromatic heterocycles. The maximum atomic E-state index is 12.8. The summed E-state index contributed by atoms with van der Waals surface area (Å²) in [6, 6.07) is 14.6. The van der Waals surface area contributed by atoms with Crippen molar-refractivity contribution in [2.75, 3.05) is 10.0 Å². The summed E-state index contributed by atoms with van der Waals surface area (Å²) in [7, 11) is -3.84. The van der Waals surface area contributed by atoms with Gasteiger partial charge in [-0.15, -0.1) is 0 Å². The van der Waals surface area contributed by atoms with Crippen molar-refractivity contribution >= 4 is 45.0 Å². The summed E-state index contributed by atoms with van der Waals surface area (Å²) in [6.07, 6.45) is 6.25. The number of nitrogens with zero attached hydrogens (tertiary/aromatic N) is 1. The highest BCUT2D eigenvalue weighted by molar-refractivity contribution is 7.92. The summed E-state index contributed by atoms with van der Waals surface area (Å²) in [6.45, 7) is 1.68. The second-order valence-electron chi connectivity index (χ2n) is 6.20. The molecule has 2 N–H and O–H groups in total. The molecule has 148 valence electrons. The van der Waals surface area contributed by atoms with Crippen molar-refractivity contribution < 1.29 is 13.2 Å². The quantitative estimate of drug-likeness (QED) is 0.567. The van der Waals surface area contributed by atoms with Crippen LogP contribution in [0.2, 0.25) is 5.02 Å². The number of sulfonamides is 1. The van der Waals surface area contributed by atoms with Crippen molar-refractivity contribution in [2.45, 2.75) is 11.8 Å². The lowest BCUT2D eigenvalue weighted by molar-refractivity contribution is -0.111. The molecule has 1 heterocycles. The molecular formula is C21H18ClN3O3S. The minimum absolute atomic E-state index is 0.0708. The first-order valence-electron chi connectivity index (χ1n) is 8.62. The molecule has 6 nitrogen and oxygen atoms in total. The predicted octanol–water partition coefficient (Wildman–Crippen LogP) is 4.50. The van der Waals surface area contributed by atoms with Gasteiger partial charge < -0.3 is 5.32 Å². The molecule has 0 aliphatic rings. The van der Waals surface area contributed by atoms with Crippen LogP contribution in [0.1, 0.15) is 11.1 Å². The molecule has 2 aromatic carbocycles. The maximum Gasteiger partial charge on any atom is 0.262 e. The number of rotatable bonds is 6. The summed E-state index contributed by atoms with van der Waals surface area (Å²) >= 11 is 5.83. The zero-order valence-corrected chi connectivity index (χ0v) is 17.0. The van der Waals surface area contributed by atoms with Crippen molar-refractivity contribution in [3.63, 3.8) is 0 Å². The Labute approximate surface area is 174 Å². The normalized spacial score (nSPS) is 11.4. The van der Waals surface area contributed by atoms with E-state index in [0.717, 1.165) is 5.56 Å². The molecule has 29 heavy (non-hydrogen) atoms. The first-order valence-corrected chi connectivity index (χ1v) is 10.5. The van der Waals surface area contributed by atoms with E-state index in [1.807, 2.05) is 6.07 Å². The third kappa shape index (κ3) is 5.66. The van der Waals surface area contributed by atoms with Gasteiger partial charge in [-0.25, -0.2) is 8.42 Å². The molecule has 0 saturated heterocycles. The van der Waals surface area contributed by atoms with Crippen LogP contribution in [0.5, 0.6) is 0 Å². The maximum absolute atomic E-state index is 12.8. The summed E-state index contributed by atoms with van der Waals surface area (Å²) in [4.78, 5) is 16.2. The number of amides is 1. The average Bonchev–Trinajstić information content (AvgIpc) is 2.70. The first-order chi connectivity index (χ1) is 13.8. The van der Waals surface area contributed by atoms with Crippen molar-refractivity contribution in [1.82, 2.24) is 4.98 Å². The van der Waals surface area contributed by atoms with E-state index in [1.54, 1.807) is 67.9 Å². The smallest absolute Gasteiger partial charge is 0.262 e. The highest BCUT2D eigenvalue weighted by atomic mass is 35.5. The lowest BCUT2D eigenvalue weighted by Gasteiger charge is -2.12. The molecule has 0 bridgehead atoms. The van der Waals surface area contributed by atoms with Gasteiger partial charge in [0, 0.05) is 34.9 Å². The van der Waals surface area contributed by atoms with Crippen molar-refractivity contribution in [3.8, 4) is 0 Å². The van der Waals surface area contributed by atoms with Crippen LogP contribution in [0.4, 0.5) is 11.4 Å². The van der Waals surface area contributed by atoms with Crippen molar-refractivity contribution in [3.05, 3.63) is 89.2 Å². The summed E-state index contributed by atoms with van der Waals surface area (Å²) in [5.74, 6) is -0.383. The number of carbonyl (C=O) groups excluding carboxylic acids is 1. The molecule has 0 fully saturated rings. The Morgan fingerprint density at radius 2 is 1.79 bits per heavy atom. The van der Waals surface area contributed by atoms with Crippen LogP contribution in [0.15, 0.2) is 78.0 Å². The summed E-state index contributed by atoms with van der Waals surface area (Å²) in [5, 5.41) is 3.17. The molecule has 0 aliphatic carbocycles. The third-order valence-electron chi connectivity index (χ3n) is 3.95. The minimum atomic E-state index is -3.84. The molecule has 0 saturated carbocycles. The van der Waals surface area contributed by atoms with E-state index in [1.165, 1.54) is 12.1 Å². The van der Waals surface area contributed by atoms with Gasteiger partial charge in [0.05, 0.1) is 4.90 Å². The fraction of sp³-hybridized carbons (Fsp3) is 0.0476. The van der Waals surface area contributed by atoms with Gasteiger partial charge in [0.1, 0.15) is 0 Å². The number of nitrogens with one attached hydrogen (secondary N) is 2. The van der Waals surface area contributed by atoms with Crippen LogP contribution < -0.4 is 10.0 Å². The third-order valence-corrected chi connectivity index (χ3v) is 5.73. The Bertz CT molecular complexity index is 1150. The molecule has 0 radical (unpaired) electrons. The number of carbonyl (C=O) groups is 1. The monoisotopic (exact) mass is 427 g/mol. The average molecular weight is 428 g/mol. The first kappa shape index (κ1) is 20.6. The molecule has 3 aromatic rings. The van der Waals surface area contributed by atoms with Gasteiger partial charge in [0.25, 0.3) is 10.0 Å². The van der Waals surface area contributed by atoms with Gasteiger partial charge in [0.15, 0.2) is 0 Å². The van der Waals surface area contributed by atoms with Gasteiger partial charge in [-0.1, -0.05) is 23.7 Å². The fourth-order valence-electron chi connectivity index (χ4n) is 2.53. The molecular weight excluding hydrogens is 410 g/mol. The van der Waals surface area contributed by atoms with Crippen LogP contribution in [0.25, 0.3) is 6.08 Å². The van der Waals surface area contributed by atoms with E-state index in [-0.39, 0.29) is 10.8 Å². The molecule has 8 heteroatoms. The van der Waals surface area contributed by atoms with E-state index < -0.39 is 10.0 Å². The van der Waals surface area contributed by atoms with E-state index in [9.17, 15) is 13.2 Å². The second kappa shape index (κ2) is 8.89. The van der Waals surface area contributed by atoms with Crippen molar-refractivity contribution in [2.24, 2.45) is 0 Å². The van der Waals surface area contributed by atoms with Crippen molar-refractivity contribution in [1.29, 1.82) is 0 Å². The Kier molecular flexibility index (Phi) is 6.31. The molecule has 0 aliphatic heterocycles. The zero-order chi connectivity index (χ0) is 20.9. The summed E-state index contributed by atoms with van der Waals surface area (Å²) < 4.78 is 28.1. The standard InChI is InChI=1S/C21H18ClN3O3S/c1-15-4-8-19(24-21(26)11-5-16-3-2-12-23-14-16)13-20(15)29(27,28)25-18-9-6-17(22)7-10-18/h2-14,25H,1H3,(H,24,26)/b11-5+. The number of halogens is 1. The minimum Gasteiger partial charge on any atom is -0.322 e. The number of pyridine rings is 1. The predicted molar refractivity (Wildman–Crippen MR) is 115 cm³/mol. The highest BCUT2D eigenvalue weighted by Gasteiger charge is 2.18. The lowest BCUT2D eigenvalue weighted by atomic mass is 10.2. The van der Waals surface area contributed by atoms with Gasteiger partial charge in [0.2, 0.25) is 5.91 Å². The van der Waals surface area contributed by atoms with E-state index in [2.05, 4.69) is 15.0 Å². The SMILES string of the molecule is Cc1ccc(NC(=O)/C=C/c2cccnc2)cc1S(=O)(=O)Nc1ccc(Cl)cc1. The second-order valence-corrected chi connectivity index (χ2v) is 8.29. The molecule has 0 unspecified atom stereocenters. The van der Waals surface area contributed by atoms with Crippen LogP contribution in [-0.4, -0.2) is 19.3 Å². The number of aromatic nitrogens is 1. The van der Waals surface area contributed by atoms with Gasteiger partial charge in [-0.3, -0.25) is 14.5 Å². The fourth-order valence-corrected chi connectivity index (χ4v) is 3.98. The van der Waals surface area contributed by atoms with Gasteiger partial charge >= 0.3 is 0 Å². The van der Waals surface area contributed by atoms with E-state index in [4.69, 9.17) is 11.6 Å². The van der Waals surface area contributed by atoms with Crippen LogP contribution in [0.3, 0.4) is 0 Å². The van der Waals surface area contributed by atoms with Crippen LogP contribution in [0, 0.1) is 6.92 Å². The number of anilines is 2. The Balaban J connectivity index is 1.77. The van der Waals surface area contributed by atoms with Gasteiger partial charge in [-0.05, 0) is 66.6 Å². The van der Waals surface area contributed by atoms with E-state index >= 15 is 0 Å². The molecule has 0 spiro atoms. The Hall–Kier alpha value is -3.16. The topological polar surface area (TPSA) is 88.2 Å². The lowest BCUT2D eigenvalue weighted by Crippen LogP contribution is -2.15. The van der Waals surface area contributed by atoms with Gasteiger partial charge in [-0.2, -0.15) is 0 Å². The van der Waals surface area contributed by atoms with Crippen LogP contribution in [-0.2, 0) is 14.8 Å². The number of benzene rings is 2. The van der Waals surface area contributed by atoms with E-state index in [0.29, 0.717) is 22.0 Å². The largest absolute Gasteiger partial charge is 0.322 e.